The Hall–Kier alpha value is -3.74. The van der Waals surface area contributed by atoms with Crippen molar-refractivity contribution in [2.75, 3.05) is 28.4 Å². The highest BCUT2D eigenvalue weighted by Crippen LogP contribution is 2.43. The van der Waals surface area contributed by atoms with Crippen LogP contribution >= 0.6 is 0 Å². The van der Waals surface area contributed by atoms with Gasteiger partial charge in [0.1, 0.15) is 0 Å². The molecule has 1 atom stereocenters. The number of carbonyl (C=O) groups excluding carboxylic acids is 2. The number of methoxy groups -OCH3 is 4. The molecule has 0 aliphatic carbocycles. The Morgan fingerprint density at radius 3 is 2.16 bits per heavy atom. The molecular weight excluding hydrogens is 410 g/mol. The van der Waals surface area contributed by atoms with E-state index in [-0.39, 0.29) is 23.1 Å². The zero-order valence-corrected chi connectivity index (χ0v) is 19.1. The van der Waals surface area contributed by atoms with Gasteiger partial charge in [-0.2, -0.15) is 0 Å². The summed E-state index contributed by atoms with van der Waals surface area (Å²) >= 11 is 0. The first-order valence-corrected chi connectivity index (χ1v) is 10.1. The third-order valence-corrected chi connectivity index (χ3v) is 5.53. The molecule has 0 aromatic heterocycles. The van der Waals surface area contributed by atoms with Crippen LogP contribution in [0.3, 0.4) is 0 Å². The molecule has 1 amide bonds. The van der Waals surface area contributed by atoms with Crippen molar-refractivity contribution in [2.24, 2.45) is 0 Å². The lowest BCUT2D eigenvalue weighted by atomic mass is 10.0. The summed E-state index contributed by atoms with van der Waals surface area (Å²) in [4.78, 5) is 27.8. The molecule has 0 radical (unpaired) electrons. The molecule has 0 N–H and O–H groups in total. The van der Waals surface area contributed by atoms with Crippen molar-refractivity contribution in [2.45, 2.75) is 19.9 Å². The number of esters is 1. The van der Waals surface area contributed by atoms with E-state index in [0.29, 0.717) is 28.5 Å². The van der Waals surface area contributed by atoms with Crippen molar-refractivity contribution >= 4 is 18.0 Å². The van der Waals surface area contributed by atoms with Crippen molar-refractivity contribution in [3.05, 3.63) is 70.4 Å². The minimum atomic E-state index is -0.579. The van der Waals surface area contributed by atoms with Crippen LogP contribution in [0.5, 0.6) is 17.2 Å². The van der Waals surface area contributed by atoms with Gasteiger partial charge in [0, 0.05) is 11.3 Å². The van der Waals surface area contributed by atoms with Crippen LogP contribution in [0, 0.1) is 0 Å². The van der Waals surface area contributed by atoms with Gasteiger partial charge in [0.15, 0.2) is 11.5 Å². The van der Waals surface area contributed by atoms with E-state index in [9.17, 15) is 9.59 Å². The lowest BCUT2D eigenvalue weighted by Crippen LogP contribution is -2.28. The second-order valence-electron chi connectivity index (χ2n) is 7.20. The Morgan fingerprint density at radius 1 is 0.938 bits per heavy atom. The summed E-state index contributed by atoms with van der Waals surface area (Å²) in [6, 6.07) is 12.8. The standard InChI is InChI=1S/C25H27NO6/c1-15(17-10-8-7-9-11-17)26-16(2)21(25(28)32-6)19(24(26)27)14-18-12-13-20(29-3)23(31-5)22(18)30-4/h7-15H,1-6H3/b19-14-/t15-/m1/s1. The summed E-state index contributed by atoms with van der Waals surface area (Å²) in [6.45, 7) is 3.67. The summed E-state index contributed by atoms with van der Waals surface area (Å²) in [7, 11) is 5.83. The molecule has 0 bridgehead atoms. The zero-order chi connectivity index (χ0) is 23.4. The molecule has 1 heterocycles. The molecule has 0 saturated carbocycles. The smallest absolute Gasteiger partial charge is 0.340 e. The summed E-state index contributed by atoms with van der Waals surface area (Å²) in [5, 5.41) is 0. The van der Waals surface area contributed by atoms with Gasteiger partial charge in [-0.25, -0.2) is 4.79 Å². The molecule has 1 aliphatic heterocycles. The van der Waals surface area contributed by atoms with E-state index in [1.165, 1.54) is 28.4 Å². The highest BCUT2D eigenvalue weighted by molar-refractivity contribution is 6.16. The molecule has 7 nitrogen and oxygen atoms in total. The highest BCUT2D eigenvalue weighted by Gasteiger charge is 2.39. The quantitative estimate of drug-likeness (QED) is 0.479. The number of hydrogen-bond donors (Lipinski definition) is 0. The third kappa shape index (κ3) is 3.93. The van der Waals surface area contributed by atoms with Crippen LogP contribution in [0.25, 0.3) is 6.08 Å². The predicted molar refractivity (Wildman–Crippen MR) is 120 cm³/mol. The fraction of sp³-hybridized carbons (Fsp3) is 0.280. The average molecular weight is 437 g/mol. The molecule has 7 heteroatoms. The number of allylic oxidation sites excluding steroid dienone is 1. The molecular formula is C25H27NO6. The first kappa shape index (κ1) is 22.9. The van der Waals surface area contributed by atoms with Crippen LogP contribution < -0.4 is 14.2 Å². The number of hydrogen-bond acceptors (Lipinski definition) is 6. The van der Waals surface area contributed by atoms with Crippen LogP contribution in [-0.2, 0) is 14.3 Å². The molecule has 1 aliphatic rings. The molecule has 168 valence electrons. The van der Waals surface area contributed by atoms with E-state index in [0.717, 1.165) is 5.56 Å². The molecule has 2 aromatic rings. The van der Waals surface area contributed by atoms with Crippen molar-refractivity contribution in [1.29, 1.82) is 0 Å². The summed E-state index contributed by atoms with van der Waals surface area (Å²) in [6.07, 6.45) is 1.62. The van der Waals surface area contributed by atoms with Gasteiger partial charge in [0.05, 0.1) is 45.6 Å². The number of amides is 1. The Kier molecular flexibility index (Phi) is 6.88. The van der Waals surface area contributed by atoms with Crippen molar-refractivity contribution in [3.8, 4) is 17.2 Å². The van der Waals surface area contributed by atoms with E-state index in [1.54, 1.807) is 30.0 Å². The Labute approximate surface area is 187 Å². The van der Waals surface area contributed by atoms with Crippen LogP contribution in [0.15, 0.2) is 59.3 Å². The van der Waals surface area contributed by atoms with Crippen molar-refractivity contribution < 1.29 is 28.5 Å². The maximum Gasteiger partial charge on any atom is 0.340 e. The Balaban J connectivity index is 2.17. The first-order valence-electron chi connectivity index (χ1n) is 10.1. The van der Waals surface area contributed by atoms with E-state index in [1.807, 2.05) is 37.3 Å². The second kappa shape index (κ2) is 9.60. The average Bonchev–Trinajstić information content (AvgIpc) is 3.07. The SMILES string of the molecule is COC(=O)C1=C(C)N([C@H](C)c2ccccc2)C(=O)/C1=C\c1ccc(OC)c(OC)c1OC. The van der Waals surface area contributed by atoms with Gasteiger partial charge in [-0.05, 0) is 37.6 Å². The third-order valence-electron chi connectivity index (χ3n) is 5.53. The van der Waals surface area contributed by atoms with Crippen LogP contribution in [-0.4, -0.2) is 45.2 Å². The van der Waals surface area contributed by atoms with Gasteiger partial charge in [-0.3, -0.25) is 4.79 Å². The van der Waals surface area contributed by atoms with Crippen molar-refractivity contribution in [3.63, 3.8) is 0 Å². The number of rotatable bonds is 7. The predicted octanol–water partition coefficient (Wildman–Crippen LogP) is 4.15. The summed E-state index contributed by atoms with van der Waals surface area (Å²) < 4.78 is 21.3. The number of ether oxygens (including phenoxy) is 4. The normalized spacial score (nSPS) is 15.8. The lowest BCUT2D eigenvalue weighted by molar-refractivity contribution is -0.136. The van der Waals surface area contributed by atoms with E-state index in [4.69, 9.17) is 18.9 Å². The topological polar surface area (TPSA) is 74.3 Å². The minimum Gasteiger partial charge on any atom is -0.493 e. The molecule has 3 rings (SSSR count). The number of nitrogens with zero attached hydrogens (tertiary/aromatic N) is 1. The largest absolute Gasteiger partial charge is 0.493 e. The van der Waals surface area contributed by atoms with Gasteiger partial charge in [0.2, 0.25) is 5.75 Å². The molecule has 0 saturated heterocycles. The molecule has 2 aromatic carbocycles. The van der Waals surface area contributed by atoms with E-state index in [2.05, 4.69) is 0 Å². The molecule has 0 spiro atoms. The van der Waals surface area contributed by atoms with Gasteiger partial charge in [-0.1, -0.05) is 30.3 Å². The van der Waals surface area contributed by atoms with E-state index < -0.39 is 5.97 Å². The Morgan fingerprint density at radius 2 is 1.59 bits per heavy atom. The summed E-state index contributed by atoms with van der Waals surface area (Å²) in [5.41, 5.74) is 2.50. The lowest BCUT2D eigenvalue weighted by Gasteiger charge is -2.26. The van der Waals surface area contributed by atoms with Crippen LogP contribution in [0.1, 0.15) is 31.0 Å². The molecule has 0 fully saturated rings. The fourth-order valence-electron chi connectivity index (χ4n) is 3.94. The summed E-state index contributed by atoms with van der Waals surface area (Å²) in [5.74, 6) is 0.400. The maximum absolute atomic E-state index is 13.6. The minimum absolute atomic E-state index is 0.220. The Bertz CT molecular complexity index is 1090. The van der Waals surface area contributed by atoms with Gasteiger partial charge in [0.25, 0.3) is 5.91 Å². The van der Waals surface area contributed by atoms with E-state index >= 15 is 0 Å². The van der Waals surface area contributed by atoms with Crippen LogP contribution in [0.4, 0.5) is 0 Å². The fourth-order valence-corrected chi connectivity index (χ4v) is 3.94. The van der Waals surface area contributed by atoms with Gasteiger partial charge < -0.3 is 23.8 Å². The molecule has 32 heavy (non-hydrogen) atoms. The van der Waals surface area contributed by atoms with Crippen LogP contribution in [0.2, 0.25) is 0 Å². The van der Waals surface area contributed by atoms with Gasteiger partial charge >= 0.3 is 5.97 Å². The number of carbonyl (C=O) groups is 2. The monoisotopic (exact) mass is 437 g/mol. The van der Waals surface area contributed by atoms with Crippen molar-refractivity contribution in [1.82, 2.24) is 4.90 Å². The highest BCUT2D eigenvalue weighted by atomic mass is 16.5. The van der Waals surface area contributed by atoms with Gasteiger partial charge in [-0.15, -0.1) is 0 Å². The number of benzene rings is 2. The first-order chi connectivity index (χ1) is 15.4. The second-order valence-corrected chi connectivity index (χ2v) is 7.20. The zero-order valence-electron chi connectivity index (χ0n) is 19.1. The maximum atomic E-state index is 13.6. The molecule has 0 unspecified atom stereocenters.